The van der Waals surface area contributed by atoms with Crippen LogP contribution in [0.15, 0.2) is 30.6 Å². The highest BCUT2D eigenvalue weighted by Gasteiger charge is 2.33. The highest BCUT2D eigenvalue weighted by Crippen LogP contribution is 2.40. The van der Waals surface area contributed by atoms with Crippen LogP contribution in [-0.4, -0.2) is 43.8 Å². The SMILES string of the molecule is O=C(CCN1CCCn2nc([C@@H](O)C3CC3)cc2C1)Nc1cccnc1. The van der Waals surface area contributed by atoms with Gasteiger partial charge in [-0.1, -0.05) is 0 Å². The molecule has 2 aromatic rings. The van der Waals surface area contributed by atoms with Crippen LogP contribution in [0.3, 0.4) is 0 Å². The van der Waals surface area contributed by atoms with Crippen LogP contribution >= 0.6 is 0 Å². The third-order valence-electron chi connectivity index (χ3n) is 5.08. The molecule has 7 heteroatoms. The Balaban J connectivity index is 1.32. The van der Waals surface area contributed by atoms with E-state index in [0.29, 0.717) is 18.9 Å². The van der Waals surface area contributed by atoms with E-state index in [2.05, 4.69) is 20.3 Å². The van der Waals surface area contributed by atoms with E-state index >= 15 is 0 Å². The number of aryl methyl sites for hydroxylation is 1. The molecule has 1 amide bonds. The number of fused-ring (bicyclic) bond motifs is 1. The quantitative estimate of drug-likeness (QED) is 0.828. The first-order valence-corrected chi connectivity index (χ1v) is 9.36. The fourth-order valence-electron chi connectivity index (χ4n) is 3.46. The first-order valence-electron chi connectivity index (χ1n) is 9.36. The summed E-state index contributed by atoms with van der Waals surface area (Å²) in [4.78, 5) is 18.4. The molecule has 2 aliphatic rings. The van der Waals surface area contributed by atoms with Gasteiger partial charge in [-0.15, -0.1) is 0 Å². The molecule has 0 radical (unpaired) electrons. The molecular weight excluding hydrogens is 330 g/mol. The van der Waals surface area contributed by atoms with Crippen LogP contribution in [0.4, 0.5) is 5.69 Å². The molecule has 7 nitrogen and oxygen atoms in total. The zero-order chi connectivity index (χ0) is 17.9. The highest BCUT2D eigenvalue weighted by molar-refractivity contribution is 5.90. The number of aliphatic hydroxyl groups is 1. The van der Waals surface area contributed by atoms with Crippen LogP contribution < -0.4 is 5.32 Å². The number of aliphatic hydroxyl groups excluding tert-OH is 1. The lowest BCUT2D eigenvalue weighted by Crippen LogP contribution is -2.27. The molecule has 1 aliphatic carbocycles. The number of nitrogens with one attached hydrogen (secondary N) is 1. The van der Waals surface area contributed by atoms with E-state index in [-0.39, 0.29) is 5.91 Å². The third-order valence-corrected chi connectivity index (χ3v) is 5.08. The lowest BCUT2D eigenvalue weighted by Gasteiger charge is -2.19. The van der Waals surface area contributed by atoms with E-state index in [1.807, 2.05) is 16.8 Å². The summed E-state index contributed by atoms with van der Waals surface area (Å²) < 4.78 is 2.02. The van der Waals surface area contributed by atoms with Crippen molar-refractivity contribution in [1.82, 2.24) is 19.7 Å². The Kier molecular flexibility index (Phi) is 4.99. The average molecular weight is 355 g/mol. The maximum Gasteiger partial charge on any atom is 0.225 e. The van der Waals surface area contributed by atoms with Gasteiger partial charge >= 0.3 is 0 Å². The van der Waals surface area contributed by atoms with E-state index in [1.54, 1.807) is 18.5 Å². The maximum atomic E-state index is 12.1. The van der Waals surface area contributed by atoms with Crippen molar-refractivity contribution in [2.24, 2.45) is 5.92 Å². The number of hydrogen-bond donors (Lipinski definition) is 2. The molecule has 0 aromatic carbocycles. The van der Waals surface area contributed by atoms with Gasteiger partial charge in [-0.2, -0.15) is 5.10 Å². The summed E-state index contributed by atoms with van der Waals surface area (Å²) in [6.45, 7) is 3.29. The van der Waals surface area contributed by atoms with Crippen LogP contribution in [-0.2, 0) is 17.9 Å². The fourth-order valence-corrected chi connectivity index (χ4v) is 3.46. The molecule has 4 rings (SSSR count). The van der Waals surface area contributed by atoms with E-state index in [9.17, 15) is 9.90 Å². The number of rotatable bonds is 6. The summed E-state index contributed by atoms with van der Waals surface area (Å²) in [6.07, 6.45) is 6.55. The van der Waals surface area contributed by atoms with Crippen molar-refractivity contribution in [2.45, 2.75) is 44.9 Å². The van der Waals surface area contributed by atoms with Gasteiger partial charge in [0, 0.05) is 38.8 Å². The third kappa shape index (κ3) is 4.11. The Hall–Kier alpha value is -2.25. The number of aromatic nitrogens is 3. The molecule has 2 aromatic heterocycles. The van der Waals surface area contributed by atoms with Gasteiger partial charge in [0.1, 0.15) is 6.10 Å². The van der Waals surface area contributed by atoms with Crippen molar-refractivity contribution in [1.29, 1.82) is 0 Å². The number of hydrogen-bond acceptors (Lipinski definition) is 5. The van der Waals surface area contributed by atoms with Crippen LogP contribution in [0, 0.1) is 5.92 Å². The Morgan fingerprint density at radius 2 is 2.27 bits per heavy atom. The van der Waals surface area contributed by atoms with E-state index in [1.165, 1.54) is 0 Å². The van der Waals surface area contributed by atoms with Crippen molar-refractivity contribution in [3.05, 3.63) is 42.0 Å². The largest absolute Gasteiger partial charge is 0.386 e. The van der Waals surface area contributed by atoms with Crippen molar-refractivity contribution < 1.29 is 9.90 Å². The van der Waals surface area contributed by atoms with Gasteiger partial charge in [0.15, 0.2) is 0 Å². The predicted molar refractivity (Wildman–Crippen MR) is 97.3 cm³/mol. The summed E-state index contributed by atoms with van der Waals surface area (Å²) >= 11 is 0. The van der Waals surface area contributed by atoms with Crippen LogP contribution in [0.5, 0.6) is 0 Å². The second kappa shape index (κ2) is 7.55. The van der Waals surface area contributed by atoms with Crippen LogP contribution in [0.1, 0.15) is 43.2 Å². The molecule has 0 saturated heterocycles. The number of carbonyl (C=O) groups excluding carboxylic acids is 1. The zero-order valence-electron chi connectivity index (χ0n) is 14.8. The molecule has 138 valence electrons. The van der Waals surface area contributed by atoms with E-state index in [0.717, 1.165) is 56.0 Å². The monoisotopic (exact) mass is 355 g/mol. The molecule has 0 bridgehead atoms. The number of carbonyl (C=O) groups is 1. The molecule has 1 aliphatic heterocycles. The van der Waals surface area contributed by atoms with Crippen molar-refractivity contribution in [3.8, 4) is 0 Å². The molecule has 3 heterocycles. The fraction of sp³-hybridized carbons (Fsp3) is 0.526. The zero-order valence-corrected chi connectivity index (χ0v) is 14.8. The molecule has 2 N–H and O–H groups in total. The molecular formula is C19H25N5O2. The standard InChI is InChI=1S/C19H25N5O2/c25-18(21-15-3-1-7-20-12-15)6-10-23-8-2-9-24-16(13-23)11-17(22-24)19(26)14-4-5-14/h1,3,7,11-12,14,19,26H,2,4-6,8-10,13H2,(H,21,25)/t19-/m0/s1. The minimum Gasteiger partial charge on any atom is -0.386 e. The predicted octanol–water partition coefficient (Wildman–Crippen LogP) is 1.96. The number of nitrogens with zero attached hydrogens (tertiary/aromatic N) is 4. The highest BCUT2D eigenvalue weighted by atomic mass is 16.3. The first-order chi connectivity index (χ1) is 12.7. The maximum absolute atomic E-state index is 12.1. The van der Waals surface area contributed by atoms with Gasteiger partial charge in [-0.05, 0) is 43.4 Å². The first kappa shape index (κ1) is 17.2. The lowest BCUT2D eigenvalue weighted by molar-refractivity contribution is -0.116. The van der Waals surface area contributed by atoms with Gasteiger partial charge in [0.05, 0.1) is 23.3 Å². The van der Waals surface area contributed by atoms with Gasteiger partial charge in [0.25, 0.3) is 0 Å². The van der Waals surface area contributed by atoms with E-state index < -0.39 is 6.10 Å². The average Bonchev–Trinajstić information content (AvgIpc) is 3.45. The van der Waals surface area contributed by atoms with Crippen LogP contribution in [0.2, 0.25) is 0 Å². The normalized spacial score (nSPS) is 18.8. The molecule has 1 fully saturated rings. The number of anilines is 1. The summed E-state index contributed by atoms with van der Waals surface area (Å²) in [6, 6.07) is 5.68. The molecule has 0 unspecified atom stereocenters. The summed E-state index contributed by atoms with van der Waals surface area (Å²) in [7, 11) is 0. The second-order valence-electron chi connectivity index (χ2n) is 7.24. The Bertz CT molecular complexity index is 757. The van der Waals surface area contributed by atoms with Crippen molar-refractivity contribution >= 4 is 11.6 Å². The molecule has 1 atom stereocenters. The van der Waals surface area contributed by atoms with Gasteiger partial charge < -0.3 is 10.4 Å². The van der Waals surface area contributed by atoms with Crippen molar-refractivity contribution in [3.63, 3.8) is 0 Å². The Labute approximate surface area is 153 Å². The smallest absolute Gasteiger partial charge is 0.225 e. The second-order valence-corrected chi connectivity index (χ2v) is 7.24. The number of amides is 1. The Morgan fingerprint density at radius 3 is 3.04 bits per heavy atom. The van der Waals surface area contributed by atoms with Gasteiger partial charge in [-0.3, -0.25) is 19.4 Å². The topological polar surface area (TPSA) is 83.3 Å². The van der Waals surface area contributed by atoms with Gasteiger partial charge in [0.2, 0.25) is 5.91 Å². The molecule has 26 heavy (non-hydrogen) atoms. The lowest BCUT2D eigenvalue weighted by atomic mass is 10.1. The summed E-state index contributed by atoms with van der Waals surface area (Å²) in [5.41, 5.74) is 2.66. The summed E-state index contributed by atoms with van der Waals surface area (Å²) in [5, 5.41) is 17.8. The minimum absolute atomic E-state index is 0.000555. The van der Waals surface area contributed by atoms with Crippen molar-refractivity contribution in [2.75, 3.05) is 18.4 Å². The molecule has 0 spiro atoms. The minimum atomic E-state index is -0.423. The number of pyridine rings is 1. The molecule has 1 saturated carbocycles. The summed E-state index contributed by atoms with van der Waals surface area (Å²) in [5.74, 6) is 0.391. The van der Waals surface area contributed by atoms with Gasteiger partial charge in [-0.25, -0.2) is 0 Å². The van der Waals surface area contributed by atoms with Crippen LogP contribution in [0.25, 0.3) is 0 Å². The van der Waals surface area contributed by atoms with E-state index in [4.69, 9.17) is 0 Å². The Morgan fingerprint density at radius 1 is 1.38 bits per heavy atom.